The molecule has 0 bridgehead atoms. The zero-order valence-corrected chi connectivity index (χ0v) is 11.1. The van der Waals surface area contributed by atoms with Crippen molar-refractivity contribution >= 4 is 0 Å². The van der Waals surface area contributed by atoms with E-state index in [-0.39, 0.29) is 5.60 Å². The van der Waals surface area contributed by atoms with E-state index in [0.29, 0.717) is 25.4 Å². The van der Waals surface area contributed by atoms with Gasteiger partial charge in [0.1, 0.15) is 13.2 Å². The van der Waals surface area contributed by atoms with Crippen LogP contribution in [0.2, 0.25) is 0 Å². The molecule has 0 amide bonds. The van der Waals surface area contributed by atoms with Gasteiger partial charge in [0.25, 0.3) is 0 Å². The van der Waals surface area contributed by atoms with E-state index in [9.17, 15) is 5.11 Å². The molecule has 0 saturated heterocycles. The van der Waals surface area contributed by atoms with Crippen molar-refractivity contribution in [3.8, 4) is 11.5 Å². The number of hydrogen-bond donors (Lipinski definition) is 1. The Morgan fingerprint density at radius 1 is 1.28 bits per heavy atom. The molecule has 0 fully saturated rings. The fraction of sp³-hybridized carbons (Fsp3) is 0.571. The van der Waals surface area contributed by atoms with Crippen molar-refractivity contribution in [1.29, 1.82) is 0 Å². The van der Waals surface area contributed by atoms with E-state index in [4.69, 9.17) is 14.2 Å². The van der Waals surface area contributed by atoms with E-state index < -0.39 is 6.10 Å². The molecule has 1 aromatic rings. The molecule has 4 nitrogen and oxygen atoms in total. The number of rotatable bonds is 4. The second-order valence-corrected chi connectivity index (χ2v) is 5.09. The van der Waals surface area contributed by atoms with Crippen LogP contribution in [-0.4, -0.2) is 31.0 Å². The Morgan fingerprint density at radius 3 is 2.61 bits per heavy atom. The van der Waals surface area contributed by atoms with Crippen LogP contribution in [-0.2, 0) is 4.74 Å². The molecule has 0 radical (unpaired) electrons. The minimum atomic E-state index is -0.573. The third kappa shape index (κ3) is 2.94. The van der Waals surface area contributed by atoms with Crippen molar-refractivity contribution in [2.45, 2.75) is 32.0 Å². The van der Waals surface area contributed by atoms with Gasteiger partial charge in [-0.2, -0.15) is 0 Å². The topological polar surface area (TPSA) is 47.9 Å². The summed E-state index contributed by atoms with van der Waals surface area (Å²) in [6, 6.07) is 5.54. The van der Waals surface area contributed by atoms with E-state index >= 15 is 0 Å². The Balaban J connectivity index is 2.13. The lowest BCUT2D eigenvalue weighted by atomic mass is 9.95. The first-order chi connectivity index (χ1) is 8.52. The van der Waals surface area contributed by atoms with Gasteiger partial charge in [-0.3, -0.25) is 0 Å². The Kier molecular flexibility index (Phi) is 3.78. The largest absolute Gasteiger partial charge is 0.486 e. The molecule has 1 aromatic carbocycles. The molecular formula is C14H20O4. The average molecular weight is 252 g/mol. The van der Waals surface area contributed by atoms with E-state index in [1.165, 1.54) is 0 Å². The molecule has 0 aliphatic carbocycles. The first kappa shape index (κ1) is 13.2. The fourth-order valence-corrected chi connectivity index (χ4v) is 1.93. The maximum absolute atomic E-state index is 10.2. The number of aliphatic hydroxyl groups excluding tert-OH is 1. The van der Waals surface area contributed by atoms with Gasteiger partial charge in [-0.05, 0) is 31.5 Å². The van der Waals surface area contributed by atoms with Crippen molar-refractivity contribution in [2.24, 2.45) is 0 Å². The monoisotopic (exact) mass is 252 g/mol. The number of methoxy groups -OCH3 is 1. The van der Waals surface area contributed by atoms with Crippen LogP contribution >= 0.6 is 0 Å². The lowest BCUT2D eigenvalue weighted by molar-refractivity contribution is -0.0201. The highest BCUT2D eigenvalue weighted by atomic mass is 16.6. The van der Waals surface area contributed by atoms with Gasteiger partial charge in [-0.25, -0.2) is 0 Å². The minimum absolute atomic E-state index is 0.354. The lowest BCUT2D eigenvalue weighted by Crippen LogP contribution is -2.25. The number of fused-ring (bicyclic) bond motifs is 1. The predicted octanol–water partition coefficient (Wildman–Crippen LogP) is 2.31. The van der Waals surface area contributed by atoms with Gasteiger partial charge in [0.05, 0.1) is 11.7 Å². The van der Waals surface area contributed by atoms with Crippen molar-refractivity contribution in [1.82, 2.24) is 0 Å². The molecule has 100 valence electrons. The van der Waals surface area contributed by atoms with Gasteiger partial charge >= 0.3 is 0 Å². The van der Waals surface area contributed by atoms with E-state index in [2.05, 4.69) is 0 Å². The SMILES string of the molecule is COC(C)(C)CC(O)c1ccc2c(c1)OCCO2. The lowest BCUT2D eigenvalue weighted by Gasteiger charge is -2.26. The first-order valence-electron chi connectivity index (χ1n) is 6.14. The van der Waals surface area contributed by atoms with Crippen LogP contribution in [0.1, 0.15) is 31.9 Å². The highest BCUT2D eigenvalue weighted by Gasteiger charge is 2.23. The molecule has 0 aromatic heterocycles. The molecule has 2 rings (SSSR count). The molecule has 0 spiro atoms. The second-order valence-electron chi connectivity index (χ2n) is 5.09. The number of ether oxygens (including phenoxy) is 3. The predicted molar refractivity (Wildman–Crippen MR) is 68.1 cm³/mol. The van der Waals surface area contributed by atoms with Gasteiger partial charge in [0, 0.05) is 13.5 Å². The number of benzene rings is 1. The van der Waals surface area contributed by atoms with Crippen molar-refractivity contribution in [3.05, 3.63) is 23.8 Å². The maximum Gasteiger partial charge on any atom is 0.161 e. The summed E-state index contributed by atoms with van der Waals surface area (Å²) < 4.78 is 16.3. The maximum atomic E-state index is 10.2. The van der Waals surface area contributed by atoms with Crippen LogP contribution < -0.4 is 9.47 Å². The molecule has 1 aliphatic heterocycles. The summed E-state index contributed by atoms with van der Waals surface area (Å²) >= 11 is 0. The average Bonchev–Trinajstić information content (AvgIpc) is 2.37. The summed E-state index contributed by atoms with van der Waals surface area (Å²) in [5, 5.41) is 10.2. The third-order valence-corrected chi connectivity index (χ3v) is 3.19. The van der Waals surface area contributed by atoms with Gasteiger partial charge in [0.2, 0.25) is 0 Å². The molecule has 4 heteroatoms. The van der Waals surface area contributed by atoms with Crippen molar-refractivity contribution in [3.63, 3.8) is 0 Å². The number of aliphatic hydroxyl groups is 1. The second kappa shape index (κ2) is 5.16. The Morgan fingerprint density at radius 2 is 1.94 bits per heavy atom. The Labute approximate surface area is 107 Å². The van der Waals surface area contributed by atoms with Gasteiger partial charge < -0.3 is 19.3 Å². The van der Waals surface area contributed by atoms with Gasteiger partial charge in [-0.1, -0.05) is 6.07 Å². The Bertz CT molecular complexity index is 414. The minimum Gasteiger partial charge on any atom is -0.486 e. The molecule has 1 atom stereocenters. The Hall–Kier alpha value is -1.26. The van der Waals surface area contributed by atoms with Gasteiger partial charge in [0.15, 0.2) is 11.5 Å². The third-order valence-electron chi connectivity index (χ3n) is 3.19. The molecule has 0 saturated carbocycles. The summed E-state index contributed by atoms with van der Waals surface area (Å²) in [6.07, 6.45) is -0.0425. The number of hydrogen-bond acceptors (Lipinski definition) is 4. The molecule has 1 N–H and O–H groups in total. The van der Waals surface area contributed by atoms with Crippen LogP contribution in [0.25, 0.3) is 0 Å². The summed E-state index contributed by atoms with van der Waals surface area (Å²) in [6.45, 7) is 5.03. The molecule has 1 heterocycles. The summed E-state index contributed by atoms with van der Waals surface area (Å²) in [4.78, 5) is 0. The van der Waals surface area contributed by atoms with Crippen LogP contribution in [0.5, 0.6) is 11.5 Å². The van der Waals surface area contributed by atoms with Crippen LogP contribution in [0, 0.1) is 0 Å². The fourth-order valence-electron chi connectivity index (χ4n) is 1.93. The highest BCUT2D eigenvalue weighted by molar-refractivity contribution is 5.44. The highest BCUT2D eigenvalue weighted by Crippen LogP contribution is 2.34. The normalized spacial score (nSPS) is 16.4. The molecular weight excluding hydrogens is 232 g/mol. The van der Waals surface area contributed by atoms with E-state index in [0.717, 1.165) is 11.3 Å². The van der Waals surface area contributed by atoms with Crippen molar-refractivity contribution in [2.75, 3.05) is 20.3 Å². The van der Waals surface area contributed by atoms with Crippen LogP contribution in [0.3, 0.4) is 0 Å². The van der Waals surface area contributed by atoms with Crippen LogP contribution in [0.4, 0.5) is 0 Å². The zero-order chi connectivity index (χ0) is 13.2. The van der Waals surface area contributed by atoms with Gasteiger partial charge in [-0.15, -0.1) is 0 Å². The van der Waals surface area contributed by atoms with Crippen LogP contribution in [0.15, 0.2) is 18.2 Å². The van der Waals surface area contributed by atoms with Crippen molar-refractivity contribution < 1.29 is 19.3 Å². The quantitative estimate of drug-likeness (QED) is 0.893. The van der Waals surface area contributed by atoms with E-state index in [1.807, 2.05) is 32.0 Å². The molecule has 18 heavy (non-hydrogen) atoms. The zero-order valence-electron chi connectivity index (χ0n) is 11.1. The first-order valence-corrected chi connectivity index (χ1v) is 6.14. The summed E-state index contributed by atoms with van der Waals surface area (Å²) in [7, 11) is 1.65. The molecule has 1 aliphatic rings. The standard InChI is InChI=1S/C14H20O4/c1-14(2,16-3)9-11(15)10-4-5-12-13(8-10)18-7-6-17-12/h4-5,8,11,15H,6-7,9H2,1-3H3. The summed E-state index contributed by atoms with van der Waals surface area (Å²) in [5.41, 5.74) is 0.469. The smallest absolute Gasteiger partial charge is 0.161 e. The molecule has 1 unspecified atom stereocenters. The summed E-state index contributed by atoms with van der Waals surface area (Å²) in [5.74, 6) is 1.44. The van der Waals surface area contributed by atoms with E-state index in [1.54, 1.807) is 7.11 Å².